The van der Waals surface area contributed by atoms with Crippen LogP contribution in [0, 0.1) is 11.8 Å². The van der Waals surface area contributed by atoms with Gasteiger partial charge in [-0.05, 0) is 31.2 Å². The van der Waals surface area contributed by atoms with Gasteiger partial charge in [0.25, 0.3) is 0 Å². The third-order valence-corrected chi connectivity index (χ3v) is 4.99. The van der Waals surface area contributed by atoms with Crippen molar-refractivity contribution in [3.05, 3.63) is 0 Å². The smallest absolute Gasteiger partial charge is 0.211 e. The molecule has 0 aromatic carbocycles. The molecule has 1 aliphatic heterocycles. The minimum absolute atomic E-state index is 0.534. The van der Waals surface area contributed by atoms with Crippen molar-refractivity contribution in [3.63, 3.8) is 0 Å². The van der Waals surface area contributed by atoms with Crippen molar-refractivity contribution in [2.75, 3.05) is 25.9 Å². The predicted octanol–water partition coefficient (Wildman–Crippen LogP) is 0.266. The highest BCUT2D eigenvalue weighted by Gasteiger charge is 2.44. The summed E-state index contributed by atoms with van der Waals surface area (Å²) >= 11 is 0. The second kappa shape index (κ2) is 4.03. The van der Waals surface area contributed by atoms with Crippen LogP contribution in [0.25, 0.3) is 0 Å². The minimum atomic E-state index is -2.98. The molecule has 0 aromatic heterocycles. The third-order valence-electron chi connectivity index (χ3n) is 3.76. The molecule has 1 saturated heterocycles. The fourth-order valence-corrected chi connectivity index (χ4v) is 3.92. The van der Waals surface area contributed by atoms with Gasteiger partial charge in [0.15, 0.2) is 0 Å². The van der Waals surface area contributed by atoms with Crippen LogP contribution >= 0.6 is 0 Å². The molecule has 4 nitrogen and oxygen atoms in total. The molecular formula is C10H20N2O2S. The summed E-state index contributed by atoms with van der Waals surface area (Å²) in [4.78, 5) is 0. The van der Waals surface area contributed by atoms with Crippen LogP contribution in [0.4, 0.5) is 0 Å². The minimum Gasteiger partial charge on any atom is -0.314 e. The van der Waals surface area contributed by atoms with Crippen LogP contribution in [-0.2, 0) is 10.0 Å². The summed E-state index contributed by atoms with van der Waals surface area (Å²) in [5.74, 6) is 1.13. The highest BCUT2D eigenvalue weighted by molar-refractivity contribution is 7.88. The van der Waals surface area contributed by atoms with Gasteiger partial charge in [-0.1, -0.05) is 6.92 Å². The Morgan fingerprint density at radius 1 is 1.33 bits per heavy atom. The van der Waals surface area contributed by atoms with E-state index in [1.54, 1.807) is 4.31 Å². The van der Waals surface area contributed by atoms with Crippen molar-refractivity contribution in [1.82, 2.24) is 9.62 Å². The van der Waals surface area contributed by atoms with Gasteiger partial charge in [0.05, 0.1) is 6.26 Å². The Kier molecular flexibility index (Phi) is 3.05. The maximum absolute atomic E-state index is 11.4. The fourth-order valence-electron chi connectivity index (χ4n) is 3.01. The summed E-state index contributed by atoms with van der Waals surface area (Å²) in [6.45, 7) is 4.55. The van der Waals surface area contributed by atoms with Crippen molar-refractivity contribution >= 4 is 10.0 Å². The Labute approximate surface area is 92.1 Å². The van der Waals surface area contributed by atoms with E-state index in [1.165, 1.54) is 19.1 Å². The van der Waals surface area contributed by atoms with Crippen LogP contribution in [-0.4, -0.2) is 44.7 Å². The molecule has 0 radical (unpaired) electrons. The number of nitrogens with one attached hydrogen (secondary N) is 1. The largest absolute Gasteiger partial charge is 0.314 e. The number of sulfonamides is 1. The molecular weight excluding hydrogens is 212 g/mol. The van der Waals surface area contributed by atoms with Gasteiger partial charge in [-0.3, -0.25) is 0 Å². The van der Waals surface area contributed by atoms with Crippen molar-refractivity contribution < 1.29 is 8.42 Å². The first-order chi connectivity index (χ1) is 7.02. The van der Waals surface area contributed by atoms with Gasteiger partial charge < -0.3 is 5.32 Å². The van der Waals surface area contributed by atoms with E-state index in [-0.39, 0.29) is 0 Å². The Hall–Kier alpha value is -0.130. The summed E-state index contributed by atoms with van der Waals surface area (Å²) < 4.78 is 24.5. The molecule has 1 aliphatic carbocycles. The lowest BCUT2D eigenvalue weighted by atomic mass is 9.98. The molecule has 2 fully saturated rings. The lowest BCUT2D eigenvalue weighted by Crippen LogP contribution is -2.36. The molecule has 1 saturated carbocycles. The molecule has 88 valence electrons. The maximum Gasteiger partial charge on any atom is 0.211 e. The number of fused-ring (bicyclic) bond motifs is 1. The molecule has 2 rings (SSSR count). The molecule has 0 amide bonds. The molecule has 3 atom stereocenters. The predicted molar refractivity (Wildman–Crippen MR) is 60.1 cm³/mol. The highest BCUT2D eigenvalue weighted by atomic mass is 32.2. The van der Waals surface area contributed by atoms with E-state index < -0.39 is 10.0 Å². The van der Waals surface area contributed by atoms with Crippen molar-refractivity contribution in [2.24, 2.45) is 11.8 Å². The Bertz CT molecular complexity index is 326. The van der Waals surface area contributed by atoms with E-state index in [4.69, 9.17) is 0 Å². The van der Waals surface area contributed by atoms with Gasteiger partial charge >= 0.3 is 0 Å². The Morgan fingerprint density at radius 3 is 2.67 bits per heavy atom. The van der Waals surface area contributed by atoms with Gasteiger partial charge in [-0.2, -0.15) is 0 Å². The zero-order valence-corrected chi connectivity index (χ0v) is 10.3. The fraction of sp³-hybridized carbons (Fsp3) is 1.00. The summed E-state index contributed by atoms with van der Waals surface area (Å²) in [5.41, 5.74) is 0. The molecule has 5 heteroatoms. The van der Waals surface area contributed by atoms with Crippen molar-refractivity contribution in [3.8, 4) is 0 Å². The number of hydrogen-bond donors (Lipinski definition) is 1. The van der Waals surface area contributed by atoms with E-state index in [1.807, 2.05) is 0 Å². The second-order valence-corrected chi connectivity index (χ2v) is 6.73. The Morgan fingerprint density at radius 2 is 2.07 bits per heavy atom. The van der Waals surface area contributed by atoms with E-state index in [0.29, 0.717) is 17.9 Å². The van der Waals surface area contributed by atoms with E-state index in [2.05, 4.69) is 12.2 Å². The Balaban J connectivity index is 2.03. The van der Waals surface area contributed by atoms with Gasteiger partial charge in [-0.25, -0.2) is 12.7 Å². The molecule has 1 N–H and O–H groups in total. The van der Waals surface area contributed by atoms with Gasteiger partial charge in [-0.15, -0.1) is 0 Å². The quantitative estimate of drug-likeness (QED) is 0.759. The third kappa shape index (κ3) is 2.19. The van der Waals surface area contributed by atoms with E-state index >= 15 is 0 Å². The van der Waals surface area contributed by atoms with Crippen molar-refractivity contribution in [2.45, 2.75) is 25.8 Å². The summed E-state index contributed by atoms with van der Waals surface area (Å²) in [5, 5.41) is 3.47. The zero-order chi connectivity index (χ0) is 11.1. The van der Waals surface area contributed by atoms with Gasteiger partial charge in [0.1, 0.15) is 0 Å². The molecule has 2 aliphatic rings. The lowest BCUT2D eigenvalue weighted by molar-refractivity contribution is 0.381. The topological polar surface area (TPSA) is 49.4 Å². The van der Waals surface area contributed by atoms with E-state index in [9.17, 15) is 8.42 Å². The average molecular weight is 232 g/mol. The van der Waals surface area contributed by atoms with Gasteiger partial charge in [0.2, 0.25) is 10.0 Å². The number of rotatable bonds is 3. The van der Waals surface area contributed by atoms with Crippen LogP contribution in [0.5, 0.6) is 0 Å². The first-order valence-electron chi connectivity index (χ1n) is 5.71. The van der Waals surface area contributed by atoms with Crippen LogP contribution < -0.4 is 5.32 Å². The zero-order valence-electron chi connectivity index (χ0n) is 9.44. The average Bonchev–Trinajstić information content (AvgIpc) is 2.65. The SMILES string of the molecule is CCNC1CCC2CN(S(C)(=O)=O)CC21. The molecule has 0 aromatic rings. The summed E-state index contributed by atoms with van der Waals surface area (Å²) in [7, 11) is -2.98. The second-order valence-electron chi connectivity index (χ2n) is 4.75. The van der Waals surface area contributed by atoms with Crippen LogP contribution in [0.3, 0.4) is 0 Å². The lowest BCUT2D eigenvalue weighted by Gasteiger charge is -2.20. The normalized spacial score (nSPS) is 37.1. The standard InChI is InChI=1S/C10H20N2O2S/c1-3-11-10-5-4-8-6-12(7-9(8)10)15(2,13)14/h8-11H,3-7H2,1-2H3. The molecule has 0 bridgehead atoms. The highest BCUT2D eigenvalue weighted by Crippen LogP contribution is 2.38. The summed E-state index contributed by atoms with van der Waals surface area (Å²) in [6.07, 6.45) is 3.70. The first kappa shape index (κ1) is 11.4. The molecule has 1 heterocycles. The first-order valence-corrected chi connectivity index (χ1v) is 7.55. The van der Waals surface area contributed by atoms with Crippen LogP contribution in [0.2, 0.25) is 0 Å². The summed E-state index contributed by atoms with van der Waals surface area (Å²) in [6, 6.07) is 0.534. The number of hydrogen-bond acceptors (Lipinski definition) is 3. The monoisotopic (exact) mass is 232 g/mol. The molecule has 3 unspecified atom stereocenters. The van der Waals surface area contributed by atoms with Gasteiger partial charge in [0, 0.05) is 19.1 Å². The van der Waals surface area contributed by atoms with E-state index in [0.717, 1.165) is 19.6 Å². The van der Waals surface area contributed by atoms with Crippen LogP contribution in [0.15, 0.2) is 0 Å². The van der Waals surface area contributed by atoms with Crippen LogP contribution in [0.1, 0.15) is 19.8 Å². The molecule has 15 heavy (non-hydrogen) atoms. The number of nitrogens with zero attached hydrogens (tertiary/aromatic N) is 1. The molecule has 0 spiro atoms. The van der Waals surface area contributed by atoms with Crippen molar-refractivity contribution in [1.29, 1.82) is 0 Å². The maximum atomic E-state index is 11.4.